The molecule has 0 saturated heterocycles. The number of anilines is 1. The molecule has 5 nitrogen and oxygen atoms in total. The Morgan fingerprint density at radius 1 is 1.18 bits per heavy atom. The maximum absolute atomic E-state index is 6.13. The number of benzene rings is 1. The smallest absolute Gasteiger partial charge is 0.232 e. The number of pyridine rings is 1. The summed E-state index contributed by atoms with van der Waals surface area (Å²) in [4.78, 5) is 4.22. The zero-order valence-electron chi connectivity index (χ0n) is 11.4. The standard InChI is InChI=1S/C15H12Cl2N2O3/c16-11-3-1-4-12(17)10(11)7-21-13-5-2-6-18-15(13)19-14-8-20-9-22-14/h1-6,8H,7,9H2,(H,18,19). The molecule has 1 aromatic heterocycles. The third kappa shape index (κ3) is 3.37. The molecule has 3 rings (SSSR count). The topological polar surface area (TPSA) is 52.6 Å². The van der Waals surface area contributed by atoms with Crippen LogP contribution in [0.1, 0.15) is 5.56 Å². The fourth-order valence-electron chi connectivity index (χ4n) is 1.84. The lowest BCUT2D eigenvalue weighted by atomic mass is 10.2. The zero-order valence-corrected chi connectivity index (χ0v) is 12.9. The Morgan fingerprint density at radius 2 is 2.00 bits per heavy atom. The number of halogens is 2. The summed E-state index contributed by atoms with van der Waals surface area (Å²) < 4.78 is 16.0. The van der Waals surface area contributed by atoms with Crippen LogP contribution in [0.4, 0.5) is 5.82 Å². The highest BCUT2D eigenvalue weighted by atomic mass is 35.5. The molecule has 0 fully saturated rings. The number of hydrogen-bond acceptors (Lipinski definition) is 5. The van der Waals surface area contributed by atoms with Crippen molar-refractivity contribution in [2.75, 3.05) is 12.1 Å². The van der Waals surface area contributed by atoms with E-state index < -0.39 is 0 Å². The van der Waals surface area contributed by atoms with E-state index in [0.29, 0.717) is 27.5 Å². The first-order valence-corrected chi connectivity index (χ1v) is 7.22. The Balaban J connectivity index is 1.75. The van der Waals surface area contributed by atoms with Gasteiger partial charge >= 0.3 is 0 Å². The van der Waals surface area contributed by atoms with E-state index in [4.69, 9.17) is 37.4 Å². The lowest BCUT2D eigenvalue weighted by Gasteiger charge is -2.13. The number of aromatic nitrogens is 1. The first-order valence-electron chi connectivity index (χ1n) is 6.46. The molecule has 1 aliphatic heterocycles. The van der Waals surface area contributed by atoms with Crippen LogP contribution in [0, 0.1) is 0 Å². The fraction of sp³-hybridized carbons (Fsp3) is 0.133. The number of nitrogens with zero attached hydrogens (tertiary/aromatic N) is 1. The molecule has 1 aliphatic rings. The van der Waals surface area contributed by atoms with Crippen molar-refractivity contribution >= 4 is 29.0 Å². The van der Waals surface area contributed by atoms with Gasteiger partial charge in [-0.15, -0.1) is 0 Å². The highest BCUT2D eigenvalue weighted by Gasteiger charge is 2.12. The molecular formula is C15H12Cl2N2O3. The third-order valence-corrected chi connectivity index (χ3v) is 3.63. The third-order valence-electron chi connectivity index (χ3n) is 2.92. The first kappa shape index (κ1) is 14.8. The van der Waals surface area contributed by atoms with Crippen LogP contribution in [0.25, 0.3) is 0 Å². The van der Waals surface area contributed by atoms with Gasteiger partial charge < -0.3 is 19.5 Å². The minimum absolute atomic E-state index is 0.181. The van der Waals surface area contributed by atoms with Gasteiger partial charge in [0.25, 0.3) is 0 Å². The SMILES string of the molecule is Clc1cccc(Cl)c1COc1cccnc1NC1=COCO1. The summed E-state index contributed by atoms with van der Waals surface area (Å²) in [6, 6.07) is 8.88. The summed E-state index contributed by atoms with van der Waals surface area (Å²) in [7, 11) is 0. The Morgan fingerprint density at radius 3 is 2.73 bits per heavy atom. The van der Waals surface area contributed by atoms with Crippen LogP contribution in [-0.2, 0) is 16.1 Å². The van der Waals surface area contributed by atoms with Gasteiger partial charge in [0, 0.05) is 21.8 Å². The molecule has 2 heterocycles. The molecule has 1 aromatic carbocycles. The van der Waals surface area contributed by atoms with Crippen LogP contribution in [0.5, 0.6) is 5.75 Å². The predicted octanol–water partition coefficient (Wildman–Crippen LogP) is 4.18. The second-order valence-corrected chi connectivity index (χ2v) is 5.19. The molecule has 0 spiro atoms. The predicted molar refractivity (Wildman–Crippen MR) is 83.8 cm³/mol. The van der Waals surface area contributed by atoms with Gasteiger partial charge in [0.1, 0.15) is 12.9 Å². The lowest BCUT2D eigenvalue weighted by molar-refractivity contribution is 0.0822. The molecule has 0 bridgehead atoms. The highest BCUT2D eigenvalue weighted by molar-refractivity contribution is 6.35. The van der Waals surface area contributed by atoms with Gasteiger partial charge in [-0.25, -0.2) is 4.98 Å². The van der Waals surface area contributed by atoms with E-state index in [-0.39, 0.29) is 13.4 Å². The number of hydrogen-bond donors (Lipinski definition) is 1. The Labute approximate surface area is 137 Å². The molecule has 0 atom stereocenters. The van der Waals surface area contributed by atoms with Gasteiger partial charge in [0.05, 0.1) is 0 Å². The summed E-state index contributed by atoms with van der Waals surface area (Å²) in [5.74, 6) is 1.54. The van der Waals surface area contributed by atoms with Crippen molar-refractivity contribution in [1.82, 2.24) is 4.98 Å². The quantitative estimate of drug-likeness (QED) is 0.886. The van der Waals surface area contributed by atoms with Crippen molar-refractivity contribution in [3.05, 3.63) is 64.3 Å². The molecule has 0 radical (unpaired) electrons. The molecule has 22 heavy (non-hydrogen) atoms. The average molecular weight is 339 g/mol. The van der Waals surface area contributed by atoms with E-state index in [9.17, 15) is 0 Å². The van der Waals surface area contributed by atoms with E-state index in [1.165, 1.54) is 6.26 Å². The van der Waals surface area contributed by atoms with Gasteiger partial charge in [0.2, 0.25) is 12.7 Å². The van der Waals surface area contributed by atoms with Gasteiger partial charge in [-0.05, 0) is 24.3 Å². The average Bonchev–Trinajstić information content (AvgIpc) is 3.01. The summed E-state index contributed by atoms with van der Waals surface area (Å²) >= 11 is 12.3. The van der Waals surface area contributed by atoms with E-state index in [0.717, 1.165) is 5.56 Å². The maximum atomic E-state index is 6.13. The van der Waals surface area contributed by atoms with Crippen molar-refractivity contribution in [1.29, 1.82) is 0 Å². The normalized spacial score (nSPS) is 13.1. The minimum atomic E-state index is 0.181. The molecule has 1 N–H and O–H groups in total. The molecular weight excluding hydrogens is 327 g/mol. The summed E-state index contributed by atoms with van der Waals surface area (Å²) in [5.41, 5.74) is 0.723. The molecule has 7 heteroatoms. The monoisotopic (exact) mass is 338 g/mol. The summed E-state index contributed by atoms with van der Waals surface area (Å²) in [6.45, 7) is 0.413. The van der Waals surface area contributed by atoms with Gasteiger partial charge in [-0.1, -0.05) is 29.3 Å². The highest BCUT2D eigenvalue weighted by Crippen LogP contribution is 2.28. The Kier molecular flexibility index (Phi) is 4.56. The molecule has 0 unspecified atom stereocenters. The summed E-state index contributed by atoms with van der Waals surface area (Å²) in [6.07, 6.45) is 3.12. The maximum Gasteiger partial charge on any atom is 0.232 e. The van der Waals surface area contributed by atoms with Crippen molar-refractivity contribution in [3.63, 3.8) is 0 Å². The lowest BCUT2D eigenvalue weighted by Crippen LogP contribution is -2.05. The van der Waals surface area contributed by atoms with Crippen LogP contribution in [-0.4, -0.2) is 11.8 Å². The number of rotatable bonds is 5. The van der Waals surface area contributed by atoms with Crippen molar-refractivity contribution in [2.45, 2.75) is 6.61 Å². The van der Waals surface area contributed by atoms with Crippen molar-refractivity contribution < 1.29 is 14.2 Å². The van der Waals surface area contributed by atoms with Gasteiger partial charge in [-0.3, -0.25) is 0 Å². The van der Waals surface area contributed by atoms with Crippen LogP contribution < -0.4 is 10.1 Å². The summed E-state index contributed by atoms with van der Waals surface area (Å²) in [5, 5.41) is 4.10. The van der Waals surface area contributed by atoms with E-state index in [1.807, 2.05) is 0 Å². The van der Waals surface area contributed by atoms with Crippen LogP contribution in [0.2, 0.25) is 10.0 Å². The van der Waals surface area contributed by atoms with Crippen LogP contribution in [0.15, 0.2) is 48.7 Å². The minimum Gasteiger partial charge on any atom is -0.485 e. The van der Waals surface area contributed by atoms with E-state index in [1.54, 1.807) is 36.5 Å². The Bertz CT molecular complexity index is 687. The molecule has 0 aliphatic carbocycles. The van der Waals surface area contributed by atoms with Crippen LogP contribution >= 0.6 is 23.2 Å². The van der Waals surface area contributed by atoms with Gasteiger partial charge in [-0.2, -0.15) is 0 Å². The molecule has 0 saturated carbocycles. The second-order valence-electron chi connectivity index (χ2n) is 4.37. The number of ether oxygens (including phenoxy) is 3. The molecule has 0 amide bonds. The van der Waals surface area contributed by atoms with E-state index >= 15 is 0 Å². The largest absolute Gasteiger partial charge is 0.485 e. The first-order chi connectivity index (χ1) is 10.7. The zero-order chi connectivity index (χ0) is 15.4. The van der Waals surface area contributed by atoms with Crippen molar-refractivity contribution in [3.8, 4) is 5.75 Å². The van der Waals surface area contributed by atoms with E-state index in [2.05, 4.69) is 10.3 Å². The fourth-order valence-corrected chi connectivity index (χ4v) is 2.35. The Hall–Kier alpha value is -2.11. The molecule has 2 aromatic rings. The number of nitrogens with one attached hydrogen (secondary N) is 1. The second kappa shape index (κ2) is 6.77. The van der Waals surface area contributed by atoms with Crippen LogP contribution in [0.3, 0.4) is 0 Å². The van der Waals surface area contributed by atoms with Gasteiger partial charge in [0.15, 0.2) is 11.6 Å². The van der Waals surface area contributed by atoms with Crippen molar-refractivity contribution in [2.24, 2.45) is 0 Å². The molecule has 114 valence electrons.